The molecule has 1 aromatic heterocycles. The van der Waals surface area contributed by atoms with Crippen molar-refractivity contribution >= 4 is 5.82 Å². The molecule has 1 aromatic rings. The first-order valence-corrected chi connectivity index (χ1v) is 6.98. The van der Waals surface area contributed by atoms with Crippen LogP contribution in [0.5, 0.6) is 0 Å². The first-order valence-electron chi connectivity index (χ1n) is 6.98. The standard InChI is InChI=1S/C14H25N3O2/c1-4-12(5-8-18)9-16-13-14(19)17(7-6-15-13)10-11(2)3/h6-7,11-12,18H,4-5,8-10H2,1-3H3,(H,15,16). The molecule has 2 N–H and O–H groups in total. The van der Waals surface area contributed by atoms with Crippen LogP contribution in [0, 0.1) is 11.8 Å². The zero-order chi connectivity index (χ0) is 14.3. The summed E-state index contributed by atoms with van der Waals surface area (Å²) in [5.41, 5.74) is -0.0740. The molecule has 1 atom stereocenters. The van der Waals surface area contributed by atoms with Crippen LogP contribution in [0.2, 0.25) is 0 Å². The van der Waals surface area contributed by atoms with Gasteiger partial charge in [0.2, 0.25) is 0 Å². The van der Waals surface area contributed by atoms with Gasteiger partial charge in [0.05, 0.1) is 0 Å². The van der Waals surface area contributed by atoms with Crippen LogP contribution in [0.25, 0.3) is 0 Å². The fourth-order valence-electron chi connectivity index (χ4n) is 1.98. The van der Waals surface area contributed by atoms with Crippen LogP contribution in [0.15, 0.2) is 17.2 Å². The monoisotopic (exact) mass is 267 g/mol. The molecular formula is C14H25N3O2. The Morgan fingerprint density at radius 3 is 2.79 bits per heavy atom. The van der Waals surface area contributed by atoms with E-state index in [4.69, 9.17) is 5.11 Å². The molecule has 1 rings (SSSR count). The van der Waals surface area contributed by atoms with Crippen molar-refractivity contribution in [3.05, 3.63) is 22.7 Å². The fourth-order valence-corrected chi connectivity index (χ4v) is 1.98. The van der Waals surface area contributed by atoms with Crippen molar-refractivity contribution < 1.29 is 5.11 Å². The molecule has 0 aliphatic carbocycles. The van der Waals surface area contributed by atoms with Crippen molar-refractivity contribution in [2.45, 2.75) is 40.2 Å². The number of hydrogen-bond donors (Lipinski definition) is 2. The van der Waals surface area contributed by atoms with E-state index < -0.39 is 0 Å². The molecule has 19 heavy (non-hydrogen) atoms. The van der Waals surface area contributed by atoms with E-state index in [0.29, 0.717) is 30.7 Å². The molecule has 5 nitrogen and oxygen atoms in total. The van der Waals surface area contributed by atoms with Gasteiger partial charge in [0.1, 0.15) is 0 Å². The molecule has 0 bridgehead atoms. The lowest BCUT2D eigenvalue weighted by Crippen LogP contribution is -2.27. The number of nitrogens with one attached hydrogen (secondary N) is 1. The van der Waals surface area contributed by atoms with Crippen molar-refractivity contribution in [2.75, 3.05) is 18.5 Å². The zero-order valence-electron chi connectivity index (χ0n) is 12.1. The summed E-state index contributed by atoms with van der Waals surface area (Å²) < 4.78 is 1.69. The Balaban J connectivity index is 2.71. The maximum atomic E-state index is 12.2. The van der Waals surface area contributed by atoms with E-state index in [1.165, 1.54) is 0 Å². The van der Waals surface area contributed by atoms with Crippen LogP contribution < -0.4 is 10.9 Å². The average Bonchev–Trinajstić information content (AvgIpc) is 2.37. The lowest BCUT2D eigenvalue weighted by molar-refractivity contribution is 0.258. The van der Waals surface area contributed by atoms with Crippen LogP contribution in [0.1, 0.15) is 33.6 Å². The van der Waals surface area contributed by atoms with Gasteiger partial charge in [-0.3, -0.25) is 4.79 Å². The van der Waals surface area contributed by atoms with Gasteiger partial charge in [0.15, 0.2) is 5.82 Å². The molecule has 5 heteroatoms. The van der Waals surface area contributed by atoms with Crippen molar-refractivity contribution in [3.63, 3.8) is 0 Å². The highest BCUT2D eigenvalue weighted by molar-refractivity contribution is 5.30. The van der Waals surface area contributed by atoms with Gasteiger partial charge in [-0.2, -0.15) is 0 Å². The van der Waals surface area contributed by atoms with E-state index in [-0.39, 0.29) is 12.2 Å². The van der Waals surface area contributed by atoms with E-state index >= 15 is 0 Å². The highest BCUT2D eigenvalue weighted by atomic mass is 16.3. The predicted molar refractivity (Wildman–Crippen MR) is 77.3 cm³/mol. The Labute approximate surface area is 114 Å². The molecule has 0 aliphatic rings. The van der Waals surface area contributed by atoms with Crippen LogP contribution in [0.3, 0.4) is 0 Å². The zero-order valence-corrected chi connectivity index (χ0v) is 12.1. The minimum Gasteiger partial charge on any atom is -0.396 e. The summed E-state index contributed by atoms with van der Waals surface area (Å²) in [5.74, 6) is 1.19. The lowest BCUT2D eigenvalue weighted by atomic mass is 10.0. The summed E-state index contributed by atoms with van der Waals surface area (Å²) in [6, 6.07) is 0. The summed E-state index contributed by atoms with van der Waals surface area (Å²) in [5, 5.41) is 12.1. The Morgan fingerprint density at radius 2 is 2.21 bits per heavy atom. The first-order chi connectivity index (χ1) is 9.08. The van der Waals surface area contributed by atoms with E-state index in [1.54, 1.807) is 17.0 Å². The van der Waals surface area contributed by atoms with Gasteiger partial charge in [0, 0.05) is 32.1 Å². The van der Waals surface area contributed by atoms with E-state index in [9.17, 15) is 4.79 Å². The SMILES string of the molecule is CCC(CCO)CNc1nccn(CC(C)C)c1=O. The van der Waals surface area contributed by atoms with Crippen molar-refractivity contribution in [1.82, 2.24) is 9.55 Å². The molecule has 0 spiro atoms. The molecular weight excluding hydrogens is 242 g/mol. The number of aromatic nitrogens is 2. The molecule has 1 unspecified atom stereocenters. The summed E-state index contributed by atoms with van der Waals surface area (Å²) in [6.07, 6.45) is 5.09. The van der Waals surface area contributed by atoms with Crippen molar-refractivity contribution in [2.24, 2.45) is 11.8 Å². The third-order valence-electron chi connectivity index (χ3n) is 3.15. The van der Waals surface area contributed by atoms with Gasteiger partial charge in [-0.25, -0.2) is 4.98 Å². The molecule has 1 heterocycles. The second-order valence-electron chi connectivity index (χ2n) is 5.29. The number of rotatable bonds is 8. The summed E-state index contributed by atoms with van der Waals surface area (Å²) >= 11 is 0. The summed E-state index contributed by atoms with van der Waals surface area (Å²) in [4.78, 5) is 16.3. The highest BCUT2D eigenvalue weighted by Crippen LogP contribution is 2.08. The Kier molecular flexibility index (Phi) is 6.56. The van der Waals surface area contributed by atoms with Crippen LogP contribution in [0.4, 0.5) is 5.82 Å². The van der Waals surface area contributed by atoms with Crippen LogP contribution >= 0.6 is 0 Å². The summed E-state index contributed by atoms with van der Waals surface area (Å²) in [7, 11) is 0. The van der Waals surface area contributed by atoms with Gasteiger partial charge < -0.3 is 15.0 Å². The Morgan fingerprint density at radius 1 is 1.47 bits per heavy atom. The number of anilines is 1. The lowest BCUT2D eigenvalue weighted by Gasteiger charge is -2.15. The minimum absolute atomic E-state index is 0.0740. The van der Waals surface area contributed by atoms with Crippen LogP contribution in [-0.4, -0.2) is 27.8 Å². The molecule has 0 saturated carbocycles. The normalized spacial score (nSPS) is 12.7. The van der Waals surface area contributed by atoms with E-state index in [0.717, 1.165) is 12.8 Å². The van der Waals surface area contributed by atoms with E-state index in [2.05, 4.69) is 31.1 Å². The first kappa shape index (κ1) is 15.7. The molecule has 0 saturated heterocycles. The third kappa shape index (κ3) is 5.03. The smallest absolute Gasteiger partial charge is 0.293 e. The van der Waals surface area contributed by atoms with E-state index in [1.807, 2.05) is 0 Å². The fraction of sp³-hybridized carbons (Fsp3) is 0.714. The second kappa shape index (κ2) is 7.94. The minimum atomic E-state index is -0.0740. The highest BCUT2D eigenvalue weighted by Gasteiger charge is 2.09. The van der Waals surface area contributed by atoms with Crippen molar-refractivity contribution in [3.8, 4) is 0 Å². The maximum Gasteiger partial charge on any atom is 0.293 e. The van der Waals surface area contributed by atoms with Gasteiger partial charge >= 0.3 is 0 Å². The Hall–Kier alpha value is -1.36. The van der Waals surface area contributed by atoms with Gasteiger partial charge in [0.25, 0.3) is 5.56 Å². The number of aliphatic hydroxyl groups is 1. The molecule has 0 amide bonds. The molecule has 0 radical (unpaired) electrons. The third-order valence-corrected chi connectivity index (χ3v) is 3.15. The Bertz CT molecular complexity index is 429. The topological polar surface area (TPSA) is 67.2 Å². The molecule has 0 aliphatic heterocycles. The largest absolute Gasteiger partial charge is 0.396 e. The second-order valence-corrected chi connectivity index (χ2v) is 5.29. The number of hydrogen-bond acceptors (Lipinski definition) is 4. The molecule has 108 valence electrons. The number of nitrogens with zero attached hydrogens (tertiary/aromatic N) is 2. The van der Waals surface area contributed by atoms with Crippen LogP contribution in [-0.2, 0) is 6.54 Å². The molecule has 0 aromatic carbocycles. The van der Waals surface area contributed by atoms with Gasteiger partial charge in [-0.1, -0.05) is 27.2 Å². The predicted octanol–water partition coefficient (Wildman–Crippen LogP) is 1.72. The maximum absolute atomic E-state index is 12.2. The van der Waals surface area contributed by atoms with Crippen molar-refractivity contribution in [1.29, 1.82) is 0 Å². The number of aliphatic hydroxyl groups excluding tert-OH is 1. The van der Waals surface area contributed by atoms with Gasteiger partial charge in [-0.15, -0.1) is 0 Å². The van der Waals surface area contributed by atoms with Gasteiger partial charge in [-0.05, 0) is 18.3 Å². The average molecular weight is 267 g/mol. The molecule has 0 fully saturated rings. The summed E-state index contributed by atoms with van der Waals surface area (Å²) in [6.45, 7) is 7.79. The quantitative estimate of drug-likeness (QED) is 0.752.